The summed E-state index contributed by atoms with van der Waals surface area (Å²) in [5.41, 5.74) is 6.11. The second kappa shape index (κ2) is 6.99. The number of carbonyl (C=O) groups is 1. The molecule has 30 heavy (non-hydrogen) atoms. The zero-order valence-electron chi connectivity index (χ0n) is 16.4. The van der Waals surface area contributed by atoms with Gasteiger partial charge in [0.25, 0.3) is 5.69 Å². The molecule has 1 aliphatic heterocycles. The molecule has 1 N–H and O–H groups in total. The average molecular weight is 400 g/mol. The van der Waals surface area contributed by atoms with Crippen LogP contribution in [0, 0.1) is 16.0 Å². The van der Waals surface area contributed by atoms with Crippen molar-refractivity contribution in [3.63, 3.8) is 0 Å². The van der Waals surface area contributed by atoms with Crippen molar-refractivity contribution < 1.29 is 14.5 Å². The Hall–Kier alpha value is -3.67. The van der Waals surface area contributed by atoms with Crippen LogP contribution in [-0.2, 0) is 11.2 Å². The van der Waals surface area contributed by atoms with Gasteiger partial charge in [-0.2, -0.15) is 0 Å². The first-order valence-electron chi connectivity index (χ1n) is 9.88. The molecule has 150 valence electrons. The third-order valence-corrected chi connectivity index (χ3v) is 6.29. The van der Waals surface area contributed by atoms with E-state index in [2.05, 4.69) is 17.4 Å². The van der Waals surface area contributed by atoms with Crippen molar-refractivity contribution in [2.75, 3.05) is 12.4 Å². The van der Waals surface area contributed by atoms with Crippen LogP contribution in [0.3, 0.4) is 0 Å². The fourth-order valence-corrected chi connectivity index (χ4v) is 4.94. The maximum atomic E-state index is 11.8. The normalized spacial score (nSPS) is 21.0. The predicted molar refractivity (Wildman–Crippen MR) is 113 cm³/mol. The number of nitrogens with zero attached hydrogens (tertiary/aromatic N) is 1. The van der Waals surface area contributed by atoms with E-state index in [1.165, 1.54) is 18.2 Å². The number of rotatable bonds is 3. The van der Waals surface area contributed by atoms with E-state index in [1.807, 2.05) is 24.3 Å². The maximum Gasteiger partial charge on any atom is 0.337 e. The van der Waals surface area contributed by atoms with Crippen molar-refractivity contribution in [2.24, 2.45) is 5.92 Å². The molecule has 0 radical (unpaired) electrons. The fraction of sp³-hybridized carbons (Fsp3) is 0.208. The van der Waals surface area contributed by atoms with E-state index in [0.29, 0.717) is 5.56 Å². The van der Waals surface area contributed by atoms with Crippen molar-refractivity contribution in [1.29, 1.82) is 0 Å². The number of hydrogen-bond donors (Lipinski definition) is 1. The minimum Gasteiger partial charge on any atom is -0.465 e. The zero-order chi connectivity index (χ0) is 20.8. The van der Waals surface area contributed by atoms with Gasteiger partial charge in [-0.15, -0.1) is 0 Å². The smallest absolute Gasteiger partial charge is 0.337 e. The molecule has 0 unspecified atom stereocenters. The Morgan fingerprint density at radius 3 is 2.57 bits per heavy atom. The minimum atomic E-state index is -0.359. The van der Waals surface area contributed by atoms with E-state index in [4.69, 9.17) is 4.74 Å². The molecule has 0 fully saturated rings. The summed E-state index contributed by atoms with van der Waals surface area (Å²) in [4.78, 5) is 22.8. The van der Waals surface area contributed by atoms with Crippen LogP contribution in [0.4, 0.5) is 11.4 Å². The second-order valence-corrected chi connectivity index (χ2v) is 7.81. The minimum absolute atomic E-state index is 0.0306. The standard InChI is InChI=1S/C24H20N2O4/c1-30-24(27)15-8-6-14(7-9-15)23-20-12-16-4-2-3-5-18(16)22(20)19-13-17(26(28)29)10-11-21(19)25-23/h2-11,13,20,22-23,25H,12H2,1H3/t20-,22+,23+/m0/s1. The molecule has 3 aromatic carbocycles. The lowest BCUT2D eigenvalue weighted by Gasteiger charge is -2.38. The van der Waals surface area contributed by atoms with Gasteiger partial charge in [-0.25, -0.2) is 4.79 Å². The second-order valence-electron chi connectivity index (χ2n) is 7.81. The van der Waals surface area contributed by atoms with Crippen LogP contribution in [0.1, 0.15) is 44.6 Å². The topological polar surface area (TPSA) is 81.5 Å². The lowest BCUT2D eigenvalue weighted by molar-refractivity contribution is -0.384. The number of anilines is 1. The Bertz CT molecular complexity index is 1160. The number of nitro benzene ring substituents is 1. The Kier molecular flexibility index (Phi) is 4.28. The lowest BCUT2D eigenvalue weighted by atomic mass is 9.75. The summed E-state index contributed by atoms with van der Waals surface area (Å²) in [5, 5.41) is 15.0. The molecule has 1 heterocycles. The summed E-state index contributed by atoms with van der Waals surface area (Å²) in [7, 11) is 1.37. The Morgan fingerprint density at radius 2 is 1.83 bits per heavy atom. The molecular formula is C24H20N2O4. The molecule has 3 aromatic rings. The van der Waals surface area contributed by atoms with Gasteiger partial charge < -0.3 is 10.1 Å². The van der Waals surface area contributed by atoms with Gasteiger partial charge in [0.15, 0.2) is 0 Å². The first-order chi connectivity index (χ1) is 14.6. The highest BCUT2D eigenvalue weighted by Crippen LogP contribution is 2.54. The summed E-state index contributed by atoms with van der Waals surface area (Å²) < 4.78 is 4.80. The van der Waals surface area contributed by atoms with Gasteiger partial charge in [0.05, 0.1) is 23.6 Å². The van der Waals surface area contributed by atoms with Crippen LogP contribution < -0.4 is 5.32 Å². The first-order valence-corrected chi connectivity index (χ1v) is 9.88. The number of esters is 1. The highest BCUT2D eigenvalue weighted by molar-refractivity contribution is 5.89. The molecule has 6 nitrogen and oxygen atoms in total. The first kappa shape index (κ1) is 18.4. The molecule has 6 heteroatoms. The van der Waals surface area contributed by atoms with Crippen molar-refractivity contribution in [3.05, 3.63) is 105 Å². The molecule has 0 saturated heterocycles. The molecule has 0 saturated carbocycles. The third kappa shape index (κ3) is 2.84. The average Bonchev–Trinajstić information content (AvgIpc) is 3.17. The van der Waals surface area contributed by atoms with Crippen molar-refractivity contribution in [3.8, 4) is 0 Å². The number of benzene rings is 3. The van der Waals surface area contributed by atoms with Gasteiger partial charge in [0.1, 0.15) is 0 Å². The third-order valence-electron chi connectivity index (χ3n) is 6.29. The Labute approximate surface area is 173 Å². The Morgan fingerprint density at radius 1 is 1.07 bits per heavy atom. The molecule has 1 aliphatic carbocycles. The summed E-state index contributed by atoms with van der Waals surface area (Å²) in [6.07, 6.45) is 0.888. The van der Waals surface area contributed by atoms with Gasteiger partial charge in [-0.05, 0) is 52.8 Å². The number of nitro groups is 1. The monoisotopic (exact) mass is 400 g/mol. The van der Waals surface area contributed by atoms with E-state index in [0.717, 1.165) is 23.2 Å². The highest BCUT2D eigenvalue weighted by Gasteiger charge is 2.43. The number of methoxy groups -OCH3 is 1. The number of nitrogens with one attached hydrogen (secondary N) is 1. The molecule has 0 bridgehead atoms. The van der Waals surface area contributed by atoms with Gasteiger partial charge in [0, 0.05) is 23.7 Å². The zero-order valence-corrected chi connectivity index (χ0v) is 16.4. The van der Waals surface area contributed by atoms with Crippen molar-refractivity contribution in [1.82, 2.24) is 0 Å². The quantitative estimate of drug-likeness (QED) is 0.386. The summed E-state index contributed by atoms with van der Waals surface area (Å²) in [6, 6.07) is 20.9. The van der Waals surface area contributed by atoms with Gasteiger partial charge in [-0.1, -0.05) is 36.4 Å². The van der Waals surface area contributed by atoms with E-state index in [1.54, 1.807) is 30.3 Å². The van der Waals surface area contributed by atoms with Gasteiger partial charge >= 0.3 is 5.97 Å². The summed E-state index contributed by atoms with van der Waals surface area (Å²) >= 11 is 0. The molecule has 3 atom stereocenters. The summed E-state index contributed by atoms with van der Waals surface area (Å²) in [5.74, 6) is -0.0505. The molecule has 5 rings (SSSR count). The number of ether oxygens (including phenoxy) is 1. The van der Waals surface area contributed by atoms with Crippen LogP contribution in [0.15, 0.2) is 66.7 Å². The fourth-order valence-electron chi connectivity index (χ4n) is 4.94. The van der Waals surface area contributed by atoms with E-state index in [-0.39, 0.29) is 34.5 Å². The van der Waals surface area contributed by atoms with E-state index in [9.17, 15) is 14.9 Å². The van der Waals surface area contributed by atoms with Crippen LogP contribution >= 0.6 is 0 Å². The van der Waals surface area contributed by atoms with E-state index < -0.39 is 0 Å². The van der Waals surface area contributed by atoms with Crippen LogP contribution in [0.5, 0.6) is 0 Å². The van der Waals surface area contributed by atoms with Crippen LogP contribution in [0.2, 0.25) is 0 Å². The lowest BCUT2D eigenvalue weighted by Crippen LogP contribution is -2.30. The molecule has 0 amide bonds. The number of hydrogen-bond acceptors (Lipinski definition) is 5. The SMILES string of the molecule is COC(=O)c1ccc([C@H]2Nc3ccc([N+](=O)[O-])cc3[C@H]3c4ccccc4C[C@@H]32)cc1. The number of non-ortho nitro benzene ring substituents is 1. The van der Waals surface area contributed by atoms with Crippen LogP contribution in [-0.4, -0.2) is 18.0 Å². The largest absolute Gasteiger partial charge is 0.465 e. The van der Waals surface area contributed by atoms with Crippen molar-refractivity contribution >= 4 is 17.3 Å². The number of fused-ring (bicyclic) bond motifs is 5. The molecular weight excluding hydrogens is 380 g/mol. The van der Waals surface area contributed by atoms with Crippen molar-refractivity contribution in [2.45, 2.75) is 18.4 Å². The summed E-state index contributed by atoms with van der Waals surface area (Å²) in [6.45, 7) is 0. The van der Waals surface area contributed by atoms with Gasteiger partial charge in [-0.3, -0.25) is 10.1 Å². The Balaban J connectivity index is 1.61. The molecule has 0 spiro atoms. The van der Waals surface area contributed by atoms with E-state index >= 15 is 0 Å². The van der Waals surface area contributed by atoms with Gasteiger partial charge in [0.2, 0.25) is 0 Å². The maximum absolute atomic E-state index is 11.8. The molecule has 0 aromatic heterocycles. The predicted octanol–water partition coefficient (Wildman–Crippen LogP) is 4.85. The molecule has 2 aliphatic rings. The number of carbonyl (C=O) groups excluding carboxylic acids is 1. The van der Waals surface area contributed by atoms with Crippen LogP contribution in [0.25, 0.3) is 0 Å². The highest BCUT2D eigenvalue weighted by atomic mass is 16.6.